The van der Waals surface area contributed by atoms with Crippen molar-refractivity contribution >= 4 is 23.5 Å². The summed E-state index contributed by atoms with van der Waals surface area (Å²) in [4.78, 5) is 22.9. The molecule has 4 heteroatoms. The van der Waals surface area contributed by atoms with E-state index in [1.165, 1.54) is 6.08 Å². The Kier molecular flexibility index (Phi) is 4.20. The Bertz CT molecular complexity index is 250. The van der Waals surface area contributed by atoms with E-state index in [-0.39, 0.29) is 17.6 Å². The summed E-state index contributed by atoms with van der Waals surface area (Å²) in [6.45, 7) is 5.52. The van der Waals surface area contributed by atoms with Gasteiger partial charge in [0, 0.05) is 17.4 Å². The Hall–Kier alpha value is -0.770. The zero-order chi connectivity index (χ0) is 10.6. The number of ketones is 1. The average Bonchev–Trinajstić information content (AvgIpc) is 2.14. The van der Waals surface area contributed by atoms with Crippen molar-refractivity contribution in [3.63, 3.8) is 0 Å². The van der Waals surface area contributed by atoms with Crippen molar-refractivity contribution in [1.82, 2.24) is 0 Å². The second-order valence-electron chi connectivity index (χ2n) is 3.19. The molecule has 0 aliphatic carbocycles. The fourth-order valence-corrected chi connectivity index (χ4v) is 2.56. The number of esters is 1. The van der Waals surface area contributed by atoms with Crippen molar-refractivity contribution in [2.24, 2.45) is 5.92 Å². The Labute approximate surface area is 87.9 Å². The van der Waals surface area contributed by atoms with Crippen molar-refractivity contribution in [2.75, 3.05) is 12.4 Å². The summed E-state index contributed by atoms with van der Waals surface area (Å²) >= 11 is 1.64. The Morgan fingerprint density at radius 1 is 1.79 bits per heavy atom. The molecule has 1 aliphatic rings. The van der Waals surface area contributed by atoms with Crippen molar-refractivity contribution in [1.29, 1.82) is 0 Å². The van der Waals surface area contributed by atoms with Crippen LogP contribution < -0.4 is 0 Å². The maximum absolute atomic E-state index is 11.5. The lowest BCUT2D eigenvalue weighted by Crippen LogP contribution is -2.36. The van der Waals surface area contributed by atoms with Crippen LogP contribution >= 0.6 is 11.8 Å². The first-order valence-electron chi connectivity index (χ1n) is 4.58. The number of ether oxygens (including phenoxy) is 1. The Morgan fingerprint density at radius 2 is 2.50 bits per heavy atom. The lowest BCUT2D eigenvalue weighted by atomic mass is 9.98. The molecule has 1 fully saturated rings. The Balaban J connectivity index is 2.58. The fraction of sp³-hybridized carbons (Fsp3) is 0.600. The second-order valence-corrected chi connectivity index (χ2v) is 4.67. The number of carbonyl (C=O) groups excluding carboxylic acids is 2. The van der Waals surface area contributed by atoms with Crippen molar-refractivity contribution in [3.8, 4) is 0 Å². The topological polar surface area (TPSA) is 43.4 Å². The van der Waals surface area contributed by atoms with Crippen molar-refractivity contribution in [3.05, 3.63) is 12.7 Å². The van der Waals surface area contributed by atoms with Crippen molar-refractivity contribution in [2.45, 2.75) is 18.6 Å². The van der Waals surface area contributed by atoms with E-state index in [2.05, 4.69) is 6.58 Å². The molecule has 0 amide bonds. The van der Waals surface area contributed by atoms with E-state index >= 15 is 0 Å². The van der Waals surface area contributed by atoms with Gasteiger partial charge in [0.05, 0.1) is 0 Å². The predicted octanol–water partition coefficient (Wildman–Crippen LogP) is 1.43. The van der Waals surface area contributed by atoms with Gasteiger partial charge in [-0.2, -0.15) is 11.8 Å². The summed E-state index contributed by atoms with van der Waals surface area (Å²) in [5, 5.41) is 0.0357. The molecule has 0 aromatic heterocycles. The number of hydrogen-bond acceptors (Lipinski definition) is 4. The molecule has 14 heavy (non-hydrogen) atoms. The average molecular weight is 214 g/mol. The first kappa shape index (κ1) is 11.3. The molecule has 0 aromatic rings. The molecule has 0 bridgehead atoms. The SMILES string of the molecule is C=CCOC(=O)C1C(=O)CCSC1C. The molecule has 0 N–H and O–H groups in total. The summed E-state index contributed by atoms with van der Waals surface area (Å²) in [7, 11) is 0. The monoisotopic (exact) mass is 214 g/mol. The van der Waals surface area contributed by atoms with E-state index in [1.807, 2.05) is 6.92 Å². The first-order chi connectivity index (χ1) is 6.66. The lowest BCUT2D eigenvalue weighted by molar-refractivity contribution is -0.150. The molecule has 2 unspecified atom stereocenters. The van der Waals surface area contributed by atoms with Gasteiger partial charge >= 0.3 is 5.97 Å². The van der Waals surface area contributed by atoms with Gasteiger partial charge in [0.15, 0.2) is 0 Å². The maximum atomic E-state index is 11.5. The fourth-order valence-electron chi connectivity index (χ4n) is 1.41. The van der Waals surface area contributed by atoms with Gasteiger partial charge in [0.2, 0.25) is 0 Å². The second kappa shape index (κ2) is 5.20. The van der Waals surface area contributed by atoms with Crippen LogP contribution in [0.5, 0.6) is 0 Å². The van der Waals surface area contributed by atoms with E-state index in [0.29, 0.717) is 6.42 Å². The first-order valence-corrected chi connectivity index (χ1v) is 5.63. The summed E-state index contributed by atoms with van der Waals surface area (Å²) < 4.78 is 4.88. The summed E-state index contributed by atoms with van der Waals surface area (Å²) in [5.74, 6) is -0.167. The van der Waals surface area contributed by atoms with Gasteiger partial charge in [-0.25, -0.2) is 0 Å². The molecule has 1 heterocycles. The van der Waals surface area contributed by atoms with Gasteiger partial charge in [-0.1, -0.05) is 19.6 Å². The highest BCUT2D eigenvalue weighted by Crippen LogP contribution is 2.28. The highest BCUT2D eigenvalue weighted by atomic mass is 32.2. The molecule has 1 aliphatic heterocycles. The minimum atomic E-state index is -0.575. The van der Waals surface area contributed by atoms with Crippen molar-refractivity contribution < 1.29 is 14.3 Å². The van der Waals surface area contributed by atoms with Crippen LogP contribution in [0, 0.1) is 5.92 Å². The van der Waals surface area contributed by atoms with Gasteiger partial charge in [-0.3, -0.25) is 9.59 Å². The lowest BCUT2D eigenvalue weighted by Gasteiger charge is -2.24. The van der Waals surface area contributed by atoms with Crippen LogP contribution in [0.1, 0.15) is 13.3 Å². The van der Waals surface area contributed by atoms with E-state index in [1.54, 1.807) is 11.8 Å². The number of thioether (sulfide) groups is 1. The molecule has 3 nitrogen and oxygen atoms in total. The van der Waals surface area contributed by atoms with E-state index in [0.717, 1.165) is 5.75 Å². The smallest absolute Gasteiger partial charge is 0.317 e. The standard InChI is InChI=1S/C10H14O3S/c1-3-5-13-10(12)9-7(2)14-6-4-8(9)11/h3,7,9H,1,4-6H2,2H3. The van der Waals surface area contributed by atoms with E-state index in [4.69, 9.17) is 4.74 Å². The highest BCUT2D eigenvalue weighted by Gasteiger charge is 2.36. The zero-order valence-electron chi connectivity index (χ0n) is 8.19. The summed E-state index contributed by atoms with van der Waals surface area (Å²) in [5.41, 5.74) is 0. The molecule has 1 rings (SSSR count). The minimum absolute atomic E-state index is 0.00492. The molecule has 1 saturated heterocycles. The highest BCUT2D eigenvalue weighted by molar-refractivity contribution is 8.00. The van der Waals surface area contributed by atoms with Crippen LogP contribution in [0.15, 0.2) is 12.7 Å². The number of hydrogen-bond donors (Lipinski definition) is 0. The molecule has 0 aromatic carbocycles. The maximum Gasteiger partial charge on any atom is 0.317 e. The molecular formula is C10H14O3S. The van der Waals surface area contributed by atoms with Crippen LogP contribution in [-0.4, -0.2) is 29.4 Å². The van der Waals surface area contributed by atoms with Gasteiger partial charge in [-0.15, -0.1) is 0 Å². The van der Waals surface area contributed by atoms with Crippen LogP contribution in [0.3, 0.4) is 0 Å². The van der Waals surface area contributed by atoms with Crippen LogP contribution in [0.2, 0.25) is 0 Å². The number of carbonyl (C=O) groups is 2. The van der Waals surface area contributed by atoms with Crippen LogP contribution in [0.4, 0.5) is 0 Å². The molecule has 2 atom stereocenters. The quantitative estimate of drug-likeness (QED) is 0.405. The van der Waals surface area contributed by atoms with Gasteiger partial charge < -0.3 is 4.74 Å². The van der Waals surface area contributed by atoms with E-state index < -0.39 is 11.9 Å². The molecular weight excluding hydrogens is 200 g/mol. The minimum Gasteiger partial charge on any atom is -0.461 e. The predicted molar refractivity (Wildman–Crippen MR) is 56.2 cm³/mol. The molecule has 0 spiro atoms. The third-order valence-electron chi connectivity index (χ3n) is 2.14. The molecule has 78 valence electrons. The molecule has 0 saturated carbocycles. The van der Waals surface area contributed by atoms with E-state index in [9.17, 15) is 9.59 Å². The zero-order valence-corrected chi connectivity index (χ0v) is 9.01. The third kappa shape index (κ3) is 2.61. The molecule has 0 radical (unpaired) electrons. The van der Waals surface area contributed by atoms with Gasteiger partial charge in [0.1, 0.15) is 18.3 Å². The number of rotatable bonds is 3. The summed E-state index contributed by atoms with van der Waals surface area (Å²) in [6, 6.07) is 0. The largest absolute Gasteiger partial charge is 0.461 e. The van der Waals surface area contributed by atoms with Crippen LogP contribution in [-0.2, 0) is 14.3 Å². The van der Waals surface area contributed by atoms with Gasteiger partial charge in [0.25, 0.3) is 0 Å². The van der Waals surface area contributed by atoms with Gasteiger partial charge in [-0.05, 0) is 0 Å². The Morgan fingerprint density at radius 3 is 3.07 bits per heavy atom. The van der Waals surface area contributed by atoms with Crippen LogP contribution in [0.25, 0.3) is 0 Å². The third-order valence-corrected chi connectivity index (χ3v) is 3.38. The normalized spacial score (nSPS) is 27.1. The number of Topliss-reactive ketones (excluding diaryl/α,β-unsaturated/α-hetero) is 1. The summed E-state index contributed by atoms with van der Waals surface area (Å²) in [6.07, 6.45) is 1.98.